The molecular weight excluding hydrogens is 254 g/mol. The van der Waals surface area contributed by atoms with Gasteiger partial charge in [0.05, 0.1) is 5.69 Å². The summed E-state index contributed by atoms with van der Waals surface area (Å²) in [5.41, 5.74) is 7.72. The fourth-order valence-electron chi connectivity index (χ4n) is 1.81. The maximum absolute atomic E-state index is 11.7. The van der Waals surface area contributed by atoms with Gasteiger partial charge in [0.15, 0.2) is 6.10 Å². The normalized spacial score (nSPS) is 13.7. The number of aromatic nitrogens is 1. The van der Waals surface area contributed by atoms with E-state index in [9.17, 15) is 4.79 Å². The average Bonchev–Trinajstić information content (AvgIpc) is 2.41. The van der Waals surface area contributed by atoms with Crippen LogP contribution in [0.2, 0.25) is 0 Å². The lowest BCUT2D eigenvalue weighted by Crippen LogP contribution is -2.36. The van der Waals surface area contributed by atoms with E-state index < -0.39 is 6.10 Å². The van der Waals surface area contributed by atoms with Crippen LogP contribution in [0.1, 0.15) is 38.6 Å². The smallest absolute Gasteiger partial charge is 0.260 e. The molecule has 2 unspecified atom stereocenters. The summed E-state index contributed by atoms with van der Waals surface area (Å²) in [6, 6.07) is 3.78. The van der Waals surface area contributed by atoms with Crippen LogP contribution in [-0.2, 0) is 11.2 Å². The molecule has 0 spiro atoms. The molecule has 5 nitrogen and oxygen atoms in total. The molecule has 0 aliphatic carbocycles. The van der Waals surface area contributed by atoms with Gasteiger partial charge in [0.2, 0.25) is 0 Å². The van der Waals surface area contributed by atoms with Gasteiger partial charge in [-0.15, -0.1) is 0 Å². The van der Waals surface area contributed by atoms with Gasteiger partial charge in [0.1, 0.15) is 5.75 Å². The molecule has 1 heterocycles. The Bertz CT molecular complexity index is 449. The highest BCUT2D eigenvalue weighted by Gasteiger charge is 2.17. The number of ether oxygens (including phenoxy) is 1. The van der Waals surface area contributed by atoms with E-state index in [2.05, 4.69) is 10.3 Å². The summed E-state index contributed by atoms with van der Waals surface area (Å²) < 4.78 is 5.73. The molecule has 0 saturated heterocycles. The molecule has 20 heavy (non-hydrogen) atoms. The first-order chi connectivity index (χ1) is 9.47. The maximum Gasteiger partial charge on any atom is 0.260 e. The summed E-state index contributed by atoms with van der Waals surface area (Å²) in [7, 11) is 0. The standard InChI is InChI=1S/C15H25N3O2/c1-5-12(16)9-13-14(8-7-10(3)18-13)20-11(4)15(19)17-6-2/h7-8,11-12H,5-6,9,16H2,1-4H3,(H,17,19). The summed E-state index contributed by atoms with van der Waals surface area (Å²) in [5.74, 6) is 0.511. The molecule has 0 saturated carbocycles. The van der Waals surface area contributed by atoms with Crippen molar-refractivity contribution in [1.82, 2.24) is 10.3 Å². The fraction of sp³-hybridized carbons (Fsp3) is 0.600. The highest BCUT2D eigenvalue weighted by Crippen LogP contribution is 2.20. The second kappa shape index (κ2) is 7.85. The molecule has 1 aromatic rings. The fourth-order valence-corrected chi connectivity index (χ4v) is 1.81. The van der Waals surface area contributed by atoms with Crippen molar-refractivity contribution in [2.45, 2.75) is 52.7 Å². The number of nitrogens with two attached hydrogens (primary N) is 1. The van der Waals surface area contributed by atoms with Crippen molar-refractivity contribution in [3.8, 4) is 5.75 Å². The van der Waals surface area contributed by atoms with Crippen molar-refractivity contribution in [1.29, 1.82) is 0 Å². The van der Waals surface area contributed by atoms with Crippen LogP contribution < -0.4 is 15.8 Å². The van der Waals surface area contributed by atoms with E-state index in [0.29, 0.717) is 18.7 Å². The van der Waals surface area contributed by atoms with Crippen LogP contribution >= 0.6 is 0 Å². The Morgan fingerprint density at radius 2 is 2.15 bits per heavy atom. The van der Waals surface area contributed by atoms with Gasteiger partial charge in [0.25, 0.3) is 5.91 Å². The molecule has 3 N–H and O–H groups in total. The van der Waals surface area contributed by atoms with E-state index in [1.807, 2.05) is 32.9 Å². The highest BCUT2D eigenvalue weighted by molar-refractivity contribution is 5.80. The van der Waals surface area contributed by atoms with E-state index in [1.165, 1.54) is 0 Å². The van der Waals surface area contributed by atoms with Crippen LogP contribution in [0, 0.1) is 6.92 Å². The van der Waals surface area contributed by atoms with Gasteiger partial charge in [-0.3, -0.25) is 9.78 Å². The van der Waals surface area contributed by atoms with Gasteiger partial charge < -0.3 is 15.8 Å². The Labute approximate surface area is 120 Å². The van der Waals surface area contributed by atoms with Gasteiger partial charge >= 0.3 is 0 Å². The quantitative estimate of drug-likeness (QED) is 0.794. The Hall–Kier alpha value is -1.62. The van der Waals surface area contributed by atoms with Crippen molar-refractivity contribution >= 4 is 5.91 Å². The lowest BCUT2D eigenvalue weighted by Gasteiger charge is -2.18. The molecule has 1 amide bonds. The molecule has 0 aliphatic heterocycles. The Morgan fingerprint density at radius 1 is 1.45 bits per heavy atom. The second-order valence-corrected chi connectivity index (χ2v) is 4.92. The first-order valence-corrected chi connectivity index (χ1v) is 7.14. The second-order valence-electron chi connectivity index (χ2n) is 4.92. The molecule has 112 valence electrons. The van der Waals surface area contributed by atoms with E-state index in [4.69, 9.17) is 10.5 Å². The number of carbonyl (C=O) groups is 1. The lowest BCUT2D eigenvalue weighted by molar-refractivity contribution is -0.127. The third kappa shape index (κ3) is 4.81. The van der Waals surface area contributed by atoms with Crippen LogP contribution in [0.5, 0.6) is 5.75 Å². The number of aryl methyl sites for hydroxylation is 1. The molecular formula is C15H25N3O2. The van der Waals surface area contributed by atoms with Crippen molar-refractivity contribution < 1.29 is 9.53 Å². The van der Waals surface area contributed by atoms with Crippen molar-refractivity contribution in [2.24, 2.45) is 5.73 Å². The number of amides is 1. The zero-order valence-corrected chi connectivity index (χ0v) is 12.8. The van der Waals surface area contributed by atoms with Crippen molar-refractivity contribution in [2.75, 3.05) is 6.54 Å². The highest BCUT2D eigenvalue weighted by atomic mass is 16.5. The van der Waals surface area contributed by atoms with Crippen LogP contribution in [-0.4, -0.2) is 29.6 Å². The number of nitrogens with zero attached hydrogens (tertiary/aromatic N) is 1. The minimum atomic E-state index is -0.545. The minimum Gasteiger partial charge on any atom is -0.479 e. The van der Waals surface area contributed by atoms with Gasteiger partial charge in [-0.2, -0.15) is 0 Å². The van der Waals surface area contributed by atoms with Gasteiger partial charge in [-0.1, -0.05) is 6.92 Å². The van der Waals surface area contributed by atoms with E-state index in [0.717, 1.165) is 17.8 Å². The monoisotopic (exact) mass is 279 g/mol. The third-order valence-corrected chi connectivity index (χ3v) is 3.08. The summed E-state index contributed by atoms with van der Waals surface area (Å²) in [5, 5.41) is 2.74. The van der Waals surface area contributed by atoms with Crippen molar-refractivity contribution in [3.05, 3.63) is 23.5 Å². The molecule has 0 radical (unpaired) electrons. The number of rotatable bonds is 7. The lowest BCUT2D eigenvalue weighted by atomic mass is 10.1. The largest absolute Gasteiger partial charge is 0.479 e. The van der Waals surface area contributed by atoms with Crippen LogP contribution in [0.4, 0.5) is 0 Å². The van der Waals surface area contributed by atoms with Gasteiger partial charge in [-0.05, 0) is 39.3 Å². The molecule has 1 aromatic heterocycles. The van der Waals surface area contributed by atoms with Gasteiger partial charge in [0, 0.05) is 24.7 Å². The molecule has 2 atom stereocenters. The summed E-state index contributed by atoms with van der Waals surface area (Å²) >= 11 is 0. The number of nitrogens with one attached hydrogen (secondary N) is 1. The SMILES string of the molecule is CCNC(=O)C(C)Oc1ccc(C)nc1CC(N)CC. The number of hydrogen-bond donors (Lipinski definition) is 2. The molecule has 0 aromatic carbocycles. The van der Waals surface area contributed by atoms with Crippen LogP contribution in [0.25, 0.3) is 0 Å². The number of likely N-dealkylation sites (N-methyl/N-ethyl adjacent to an activating group) is 1. The number of carbonyl (C=O) groups excluding carboxylic acids is 1. The molecule has 0 bridgehead atoms. The number of pyridine rings is 1. The molecule has 0 fully saturated rings. The Balaban J connectivity index is 2.85. The van der Waals surface area contributed by atoms with Gasteiger partial charge in [-0.25, -0.2) is 0 Å². The van der Waals surface area contributed by atoms with Crippen molar-refractivity contribution in [3.63, 3.8) is 0 Å². The van der Waals surface area contributed by atoms with E-state index in [1.54, 1.807) is 6.92 Å². The van der Waals surface area contributed by atoms with E-state index in [-0.39, 0.29) is 11.9 Å². The average molecular weight is 279 g/mol. The molecule has 0 aliphatic rings. The summed E-state index contributed by atoms with van der Waals surface area (Å²) in [4.78, 5) is 16.2. The predicted octanol–water partition coefficient (Wildman–Crippen LogP) is 1.57. The third-order valence-electron chi connectivity index (χ3n) is 3.08. The molecule has 5 heteroatoms. The topological polar surface area (TPSA) is 77.2 Å². The van der Waals surface area contributed by atoms with Crippen LogP contribution in [0.3, 0.4) is 0 Å². The Kier molecular flexibility index (Phi) is 6.45. The first kappa shape index (κ1) is 16.4. The number of hydrogen-bond acceptors (Lipinski definition) is 4. The first-order valence-electron chi connectivity index (χ1n) is 7.14. The zero-order chi connectivity index (χ0) is 15.1. The summed E-state index contributed by atoms with van der Waals surface area (Å²) in [6.45, 7) is 8.17. The zero-order valence-electron chi connectivity index (χ0n) is 12.8. The summed E-state index contributed by atoms with van der Waals surface area (Å²) in [6.07, 6.45) is 0.979. The van der Waals surface area contributed by atoms with E-state index >= 15 is 0 Å². The van der Waals surface area contributed by atoms with Crippen LogP contribution in [0.15, 0.2) is 12.1 Å². The minimum absolute atomic E-state index is 0.0476. The maximum atomic E-state index is 11.7. The molecule has 1 rings (SSSR count). The predicted molar refractivity (Wildman–Crippen MR) is 79.7 cm³/mol. The Morgan fingerprint density at radius 3 is 2.75 bits per heavy atom.